The van der Waals surface area contributed by atoms with Gasteiger partial charge in [-0.05, 0) is 33.0 Å². The van der Waals surface area contributed by atoms with Crippen LogP contribution in [0.2, 0.25) is 0 Å². The highest BCUT2D eigenvalue weighted by molar-refractivity contribution is 5.12. The van der Waals surface area contributed by atoms with E-state index in [0.29, 0.717) is 5.82 Å². The van der Waals surface area contributed by atoms with Crippen molar-refractivity contribution >= 4 is 0 Å². The molecule has 0 amide bonds. The Morgan fingerprint density at radius 3 is 2.32 bits per heavy atom. The van der Waals surface area contributed by atoms with Gasteiger partial charge in [-0.2, -0.15) is 13.2 Å². The third-order valence-corrected chi connectivity index (χ3v) is 3.65. The van der Waals surface area contributed by atoms with Gasteiger partial charge < -0.3 is 9.47 Å². The van der Waals surface area contributed by atoms with Gasteiger partial charge in [-0.15, -0.1) is 0 Å². The molecule has 0 N–H and O–H groups in total. The predicted molar refractivity (Wildman–Crippen MR) is 67.1 cm³/mol. The minimum atomic E-state index is -4.36. The Bertz CT molecular complexity index is 429. The summed E-state index contributed by atoms with van der Waals surface area (Å²) in [5.41, 5.74) is -0.768. The molecule has 0 spiro atoms. The maximum Gasteiger partial charge on any atom is 0.434 e. The number of nitrogens with zero attached hydrogens (tertiary/aromatic N) is 3. The molecule has 1 aliphatic heterocycles. The third-order valence-electron chi connectivity index (χ3n) is 3.65. The molecular weight excluding hydrogens is 255 g/mol. The molecule has 0 radical (unpaired) electrons. The van der Waals surface area contributed by atoms with Gasteiger partial charge in [-0.3, -0.25) is 0 Å². The van der Waals surface area contributed by atoms with Crippen molar-refractivity contribution in [3.05, 3.63) is 17.7 Å². The van der Waals surface area contributed by atoms with E-state index < -0.39 is 11.9 Å². The molecule has 1 aliphatic rings. The lowest BCUT2D eigenvalue weighted by Crippen LogP contribution is -2.32. The number of rotatable bonds is 2. The Morgan fingerprint density at radius 1 is 1.26 bits per heavy atom. The van der Waals surface area contributed by atoms with Crippen molar-refractivity contribution in [3.63, 3.8) is 0 Å². The minimum absolute atomic E-state index is 0.00393. The molecule has 1 aromatic rings. The molecule has 0 aliphatic carbocycles. The summed E-state index contributed by atoms with van der Waals surface area (Å²) in [6, 6.07) is 0.136. The summed E-state index contributed by atoms with van der Waals surface area (Å²) in [6.07, 6.45) is -1.42. The molecule has 1 fully saturated rings. The SMILES string of the molecule is CC(C)c1nc(C(F)(F)F)cn1C1CCN(C)CC1. The maximum absolute atomic E-state index is 12.8. The molecule has 19 heavy (non-hydrogen) atoms. The van der Waals surface area contributed by atoms with Crippen LogP contribution in [0.25, 0.3) is 0 Å². The van der Waals surface area contributed by atoms with Gasteiger partial charge in [0.15, 0.2) is 5.69 Å². The van der Waals surface area contributed by atoms with Crippen molar-refractivity contribution in [1.29, 1.82) is 0 Å². The number of imidazole rings is 1. The first-order chi connectivity index (χ1) is 8.79. The monoisotopic (exact) mass is 275 g/mol. The highest BCUT2D eigenvalue weighted by Gasteiger charge is 2.36. The van der Waals surface area contributed by atoms with Crippen molar-refractivity contribution in [2.75, 3.05) is 20.1 Å². The molecule has 0 unspecified atom stereocenters. The highest BCUT2D eigenvalue weighted by Crippen LogP contribution is 2.33. The molecule has 108 valence electrons. The predicted octanol–water partition coefficient (Wildman–Crippen LogP) is 3.29. The van der Waals surface area contributed by atoms with Crippen LogP contribution in [0.15, 0.2) is 6.20 Å². The van der Waals surface area contributed by atoms with Crippen molar-refractivity contribution in [2.24, 2.45) is 0 Å². The fourth-order valence-corrected chi connectivity index (χ4v) is 2.54. The summed E-state index contributed by atoms with van der Waals surface area (Å²) in [5, 5.41) is 0. The second-order valence-corrected chi connectivity index (χ2v) is 5.58. The first kappa shape index (κ1) is 14.4. The first-order valence-corrected chi connectivity index (χ1v) is 6.63. The van der Waals surface area contributed by atoms with Crippen molar-refractivity contribution in [1.82, 2.24) is 14.5 Å². The molecule has 0 aromatic carbocycles. The lowest BCUT2D eigenvalue weighted by atomic mass is 10.0. The molecule has 0 atom stereocenters. The number of alkyl halides is 3. The second-order valence-electron chi connectivity index (χ2n) is 5.58. The standard InChI is InChI=1S/C13H20F3N3/c1-9(2)12-17-11(13(14,15)16)8-19(12)10-4-6-18(3)7-5-10/h8-10H,4-7H2,1-3H3. The number of hydrogen-bond donors (Lipinski definition) is 0. The number of hydrogen-bond acceptors (Lipinski definition) is 2. The molecule has 2 heterocycles. The molecule has 2 rings (SSSR count). The van der Waals surface area contributed by atoms with E-state index in [1.165, 1.54) is 6.20 Å². The Morgan fingerprint density at radius 2 is 1.84 bits per heavy atom. The van der Waals surface area contributed by atoms with Gasteiger partial charge >= 0.3 is 6.18 Å². The van der Waals surface area contributed by atoms with Crippen LogP contribution in [0.3, 0.4) is 0 Å². The van der Waals surface area contributed by atoms with E-state index in [4.69, 9.17) is 0 Å². The van der Waals surface area contributed by atoms with Gasteiger partial charge in [-0.1, -0.05) is 13.8 Å². The first-order valence-electron chi connectivity index (χ1n) is 6.63. The van der Waals surface area contributed by atoms with Crippen molar-refractivity contribution < 1.29 is 13.2 Å². The van der Waals surface area contributed by atoms with E-state index in [9.17, 15) is 13.2 Å². The zero-order valence-corrected chi connectivity index (χ0v) is 11.5. The van der Waals surface area contributed by atoms with E-state index in [1.54, 1.807) is 4.57 Å². The smallest absolute Gasteiger partial charge is 0.331 e. The average molecular weight is 275 g/mol. The Kier molecular flexibility index (Phi) is 3.90. The van der Waals surface area contributed by atoms with Gasteiger partial charge in [0.1, 0.15) is 5.82 Å². The zero-order chi connectivity index (χ0) is 14.2. The van der Waals surface area contributed by atoms with Gasteiger partial charge in [0.2, 0.25) is 0 Å². The van der Waals surface area contributed by atoms with Gasteiger partial charge in [0, 0.05) is 18.2 Å². The third kappa shape index (κ3) is 3.11. The lowest BCUT2D eigenvalue weighted by Gasteiger charge is -2.31. The normalized spacial score (nSPS) is 19.3. The van der Waals surface area contributed by atoms with Gasteiger partial charge in [0.05, 0.1) is 0 Å². The van der Waals surface area contributed by atoms with Gasteiger partial charge in [0.25, 0.3) is 0 Å². The van der Waals surface area contributed by atoms with Crippen LogP contribution in [-0.2, 0) is 6.18 Å². The fraction of sp³-hybridized carbons (Fsp3) is 0.769. The summed E-state index contributed by atoms with van der Waals surface area (Å²) in [5.74, 6) is 0.539. The minimum Gasteiger partial charge on any atom is -0.331 e. The van der Waals surface area contributed by atoms with E-state index in [1.807, 2.05) is 20.9 Å². The summed E-state index contributed by atoms with van der Waals surface area (Å²) in [4.78, 5) is 6.00. The molecule has 0 bridgehead atoms. The van der Waals surface area contributed by atoms with Crippen LogP contribution < -0.4 is 0 Å². The summed E-state index contributed by atoms with van der Waals surface area (Å²) in [7, 11) is 2.04. The molecule has 1 saturated heterocycles. The molecule has 1 aromatic heterocycles. The van der Waals surface area contributed by atoms with Crippen molar-refractivity contribution in [2.45, 2.75) is 44.8 Å². The van der Waals surface area contributed by atoms with Crippen LogP contribution in [-0.4, -0.2) is 34.6 Å². The average Bonchev–Trinajstić information content (AvgIpc) is 2.74. The quantitative estimate of drug-likeness (QED) is 0.825. The summed E-state index contributed by atoms with van der Waals surface area (Å²) in [6.45, 7) is 5.60. The van der Waals surface area contributed by atoms with Crippen LogP contribution in [0.5, 0.6) is 0 Å². The van der Waals surface area contributed by atoms with E-state index in [2.05, 4.69) is 9.88 Å². The molecule has 6 heteroatoms. The van der Waals surface area contributed by atoms with E-state index in [-0.39, 0.29) is 12.0 Å². The molecule has 0 saturated carbocycles. The lowest BCUT2D eigenvalue weighted by molar-refractivity contribution is -0.141. The van der Waals surface area contributed by atoms with Gasteiger partial charge in [-0.25, -0.2) is 4.98 Å². The Labute approximate surface area is 111 Å². The number of likely N-dealkylation sites (tertiary alicyclic amines) is 1. The van der Waals surface area contributed by atoms with Crippen LogP contribution >= 0.6 is 0 Å². The highest BCUT2D eigenvalue weighted by atomic mass is 19.4. The second kappa shape index (κ2) is 5.15. The number of piperidine rings is 1. The Balaban J connectivity index is 2.30. The molecule has 3 nitrogen and oxygen atoms in total. The number of halogens is 3. The van der Waals surface area contributed by atoms with E-state index >= 15 is 0 Å². The van der Waals surface area contributed by atoms with Crippen molar-refractivity contribution in [3.8, 4) is 0 Å². The molecular formula is C13H20F3N3. The summed E-state index contributed by atoms with van der Waals surface area (Å²) < 4.78 is 40.1. The van der Waals surface area contributed by atoms with Crippen LogP contribution in [0.1, 0.15) is 50.2 Å². The largest absolute Gasteiger partial charge is 0.434 e. The number of aromatic nitrogens is 2. The Hall–Kier alpha value is -1.04. The zero-order valence-electron chi connectivity index (χ0n) is 11.5. The van der Waals surface area contributed by atoms with Crippen LogP contribution in [0, 0.1) is 0 Å². The van der Waals surface area contributed by atoms with Crippen LogP contribution in [0.4, 0.5) is 13.2 Å². The summed E-state index contributed by atoms with van der Waals surface area (Å²) >= 11 is 0. The van der Waals surface area contributed by atoms with E-state index in [0.717, 1.165) is 25.9 Å². The topological polar surface area (TPSA) is 21.1 Å². The maximum atomic E-state index is 12.8. The fourth-order valence-electron chi connectivity index (χ4n) is 2.54.